The molecule has 0 aromatic heterocycles. The monoisotopic (exact) mass is 638 g/mol. The predicted molar refractivity (Wildman–Crippen MR) is 178 cm³/mol. The number of aryl methyl sites for hydroxylation is 1. The highest BCUT2D eigenvalue weighted by Gasteiger charge is 2.62. The van der Waals surface area contributed by atoms with Crippen molar-refractivity contribution in [2.45, 2.75) is 129 Å². The van der Waals surface area contributed by atoms with Gasteiger partial charge in [-0.3, -0.25) is 14.4 Å². The highest BCUT2D eigenvalue weighted by atomic mass is 16.5. The van der Waals surface area contributed by atoms with Crippen LogP contribution in [0.4, 0.5) is 0 Å². The lowest BCUT2D eigenvalue weighted by molar-refractivity contribution is -0.156. The van der Waals surface area contributed by atoms with Gasteiger partial charge in [-0.25, -0.2) is 0 Å². The van der Waals surface area contributed by atoms with Gasteiger partial charge in [-0.05, 0) is 142 Å². The van der Waals surface area contributed by atoms with E-state index < -0.39 is 0 Å². The number of amides is 2. The Bertz CT molecular complexity index is 1190. The summed E-state index contributed by atoms with van der Waals surface area (Å²) in [4.78, 5) is 34.8. The number of rotatable bonds is 16. The molecule has 8 nitrogen and oxygen atoms in total. The van der Waals surface area contributed by atoms with Gasteiger partial charge < -0.3 is 26.0 Å². The third kappa shape index (κ3) is 7.91. The Hall–Kier alpha value is -2.61. The third-order valence-electron chi connectivity index (χ3n) is 12.8. The topological polar surface area (TPSA) is 142 Å². The van der Waals surface area contributed by atoms with Crippen LogP contribution >= 0.6 is 0 Å². The number of ether oxygens (including phenoxy) is 2. The Kier molecular flexibility index (Phi) is 11.4. The van der Waals surface area contributed by atoms with Gasteiger partial charge in [-0.15, -0.1) is 0 Å². The molecule has 46 heavy (non-hydrogen) atoms. The van der Waals surface area contributed by atoms with Crippen LogP contribution in [0.15, 0.2) is 18.2 Å². The minimum Gasteiger partial charge on any atom is -0.493 e. The molecule has 8 heteroatoms. The van der Waals surface area contributed by atoms with Crippen molar-refractivity contribution in [1.29, 1.82) is 0 Å². The number of carbonyl (C=O) groups excluding carboxylic acids is 3. The molecule has 1 aromatic carbocycles. The molecule has 4 saturated carbocycles. The van der Waals surface area contributed by atoms with Crippen LogP contribution < -0.4 is 20.9 Å². The van der Waals surface area contributed by atoms with Gasteiger partial charge in [0.05, 0.1) is 19.3 Å². The van der Waals surface area contributed by atoms with Crippen LogP contribution in [0.25, 0.3) is 0 Å². The molecule has 0 aliphatic heterocycles. The number of hydrogen-bond acceptors (Lipinski definition) is 6. The zero-order valence-corrected chi connectivity index (χ0v) is 28.3. The molecule has 0 bridgehead atoms. The van der Waals surface area contributed by atoms with Gasteiger partial charge in [0.1, 0.15) is 17.3 Å². The summed E-state index contributed by atoms with van der Waals surface area (Å²) in [5.41, 5.74) is 12.0. The number of Topliss-reactive ketones (excluding diaryl/α,β-unsaturated/α-hetero) is 1. The summed E-state index contributed by atoms with van der Waals surface area (Å²) in [5.74, 6) is 4.30. The Balaban J connectivity index is 1.26. The number of carbonyl (C=O) groups is 3. The number of unbranched alkanes of at least 4 members (excludes halogenated alkanes) is 2. The Labute approximate surface area is 275 Å². The SMILES string of the molecule is C[C@]12CCC(=O)CC1CC(CCCc1cc(OCCCCC(N)=O)cc(OCCCCC(N)=O)c1)[C@@H]1[C@H]2CC[C@]2(C)C(O)CC[C@@H]12. The minimum atomic E-state index is -0.292. The lowest BCUT2D eigenvalue weighted by atomic mass is 9.42. The van der Waals surface area contributed by atoms with E-state index in [2.05, 4.69) is 26.0 Å². The van der Waals surface area contributed by atoms with E-state index in [0.717, 1.165) is 88.5 Å². The van der Waals surface area contributed by atoms with Crippen molar-refractivity contribution < 1.29 is 29.0 Å². The van der Waals surface area contributed by atoms with Gasteiger partial charge in [-0.2, -0.15) is 0 Å². The number of hydrogen-bond donors (Lipinski definition) is 3. The summed E-state index contributed by atoms with van der Waals surface area (Å²) in [6.07, 6.45) is 14.6. The molecule has 4 fully saturated rings. The maximum absolute atomic E-state index is 12.7. The Morgan fingerprint density at radius 2 is 1.48 bits per heavy atom. The summed E-state index contributed by atoms with van der Waals surface area (Å²) >= 11 is 0. The van der Waals surface area contributed by atoms with E-state index >= 15 is 0 Å². The smallest absolute Gasteiger partial charge is 0.217 e. The van der Waals surface area contributed by atoms with Crippen molar-refractivity contribution in [2.24, 2.45) is 51.9 Å². The van der Waals surface area contributed by atoms with Crippen LogP contribution in [0.1, 0.15) is 122 Å². The summed E-state index contributed by atoms with van der Waals surface area (Å²) < 4.78 is 12.2. The molecular formula is C38H58N2O6. The lowest BCUT2D eigenvalue weighted by Gasteiger charge is -2.62. The van der Waals surface area contributed by atoms with Gasteiger partial charge in [0.25, 0.3) is 0 Å². The van der Waals surface area contributed by atoms with Crippen LogP contribution in [0.5, 0.6) is 11.5 Å². The van der Waals surface area contributed by atoms with Crippen LogP contribution in [0, 0.1) is 40.4 Å². The van der Waals surface area contributed by atoms with Gasteiger partial charge in [0.2, 0.25) is 11.8 Å². The minimum absolute atomic E-state index is 0.0277. The first kappa shape index (κ1) is 34.7. The zero-order valence-electron chi connectivity index (χ0n) is 28.3. The molecule has 1 aromatic rings. The van der Waals surface area contributed by atoms with E-state index in [1.165, 1.54) is 12.0 Å². The Morgan fingerprint density at radius 1 is 0.848 bits per heavy atom. The average molecular weight is 639 g/mol. The first-order chi connectivity index (χ1) is 22.0. The number of aliphatic hydroxyl groups excluding tert-OH is 1. The molecule has 256 valence electrons. The highest BCUT2D eigenvalue weighted by Crippen LogP contribution is 2.67. The second-order valence-corrected chi connectivity index (χ2v) is 15.6. The second kappa shape index (κ2) is 15.1. The fourth-order valence-electron chi connectivity index (χ4n) is 10.2. The van der Waals surface area contributed by atoms with Crippen LogP contribution in [0.2, 0.25) is 0 Å². The van der Waals surface area contributed by atoms with E-state index in [0.29, 0.717) is 74.3 Å². The van der Waals surface area contributed by atoms with E-state index in [1.54, 1.807) is 0 Å². The van der Waals surface area contributed by atoms with Crippen molar-refractivity contribution in [3.63, 3.8) is 0 Å². The van der Waals surface area contributed by atoms with Crippen molar-refractivity contribution in [3.05, 3.63) is 23.8 Å². The van der Waals surface area contributed by atoms with E-state index in [9.17, 15) is 19.5 Å². The van der Waals surface area contributed by atoms with Crippen molar-refractivity contribution in [3.8, 4) is 11.5 Å². The maximum Gasteiger partial charge on any atom is 0.217 e. The van der Waals surface area contributed by atoms with Crippen LogP contribution in [-0.2, 0) is 20.8 Å². The number of primary amides is 2. The summed E-state index contributed by atoms with van der Waals surface area (Å²) in [7, 11) is 0. The fraction of sp³-hybridized carbons (Fsp3) is 0.763. The van der Waals surface area contributed by atoms with E-state index in [1.807, 2.05) is 6.07 Å². The standard InChI is InChI=1S/C38H58N2O6/c1-37-16-14-28(41)23-27(37)22-26(36-31-12-13-33(42)38(31,2)17-15-32(36)37)9-7-8-25-20-29(45-18-5-3-10-34(39)43)24-30(21-25)46-19-6-4-11-35(40)44/h20-21,24,26-27,31-33,36,42H,3-19,22-23H2,1-2H3,(H2,39,43)(H2,40,44)/t26?,27?,31-,32+,33?,36-,37-,38-/m0/s1. The maximum atomic E-state index is 12.7. The van der Waals surface area contributed by atoms with Crippen molar-refractivity contribution in [2.75, 3.05) is 13.2 Å². The van der Waals surface area contributed by atoms with Gasteiger partial charge in [0, 0.05) is 31.7 Å². The van der Waals surface area contributed by atoms with Gasteiger partial charge >= 0.3 is 0 Å². The molecule has 5 rings (SSSR count). The second-order valence-electron chi connectivity index (χ2n) is 15.6. The quantitative estimate of drug-likeness (QED) is 0.182. The van der Waals surface area contributed by atoms with Crippen molar-refractivity contribution in [1.82, 2.24) is 0 Å². The fourth-order valence-corrected chi connectivity index (χ4v) is 10.2. The van der Waals surface area contributed by atoms with E-state index in [4.69, 9.17) is 20.9 Å². The summed E-state index contributed by atoms with van der Waals surface area (Å²) in [5, 5.41) is 11.1. The Morgan fingerprint density at radius 3 is 2.11 bits per heavy atom. The summed E-state index contributed by atoms with van der Waals surface area (Å²) in [6, 6.07) is 6.14. The van der Waals surface area contributed by atoms with Gasteiger partial charge in [-0.1, -0.05) is 13.8 Å². The molecule has 5 N–H and O–H groups in total. The molecule has 2 amide bonds. The molecule has 0 radical (unpaired) electrons. The average Bonchev–Trinajstić information content (AvgIpc) is 3.31. The number of ketones is 1. The normalized spacial score (nSPS) is 33.5. The van der Waals surface area contributed by atoms with Crippen LogP contribution in [0.3, 0.4) is 0 Å². The molecule has 3 unspecified atom stereocenters. The first-order valence-electron chi connectivity index (χ1n) is 18.2. The van der Waals surface area contributed by atoms with Crippen molar-refractivity contribution >= 4 is 17.6 Å². The molecule has 4 aliphatic rings. The summed E-state index contributed by atoms with van der Waals surface area (Å²) in [6.45, 7) is 5.87. The molecule has 0 spiro atoms. The van der Waals surface area contributed by atoms with Crippen LogP contribution in [-0.4, -0.2) is 42.0 Å². The number of benzene rings is 1. The predicted octanol–water partition coefficient (Wildman–Crippen LogP) is 6.28. The lowest BCUT2D eigenvalue weighted by Crippen LogP contribution is -2.57. The molecule has 8 atom stereocenters. The number of aliphatic hydroxyl groups is 1. The number of fused-ring (bicyclic) bond motifs is 5. The molecular weight excluding hydrogens is 580 g/mol. The highest BCUT2D eigenvalue weighted by molar-refractivity contribution is 5.79. The molecule has 4 aliphatic carbocycles. The zero-order chi connectivity index (χ0) is 32.9. The first-order valence-corrected chi connectivity index (χ1v) is 18.2. The largest absolute Gasteiger partial charge is 0.493 e. The molecule has 0 heterocycles. The third-order valence-corrected chi connectivity index (χ3v) is 12.8. The van der Waals surface area contributed by atoms with E-state index in [-0.39, 0.29) is 28.7 Å². The number of nitrogens with two attached hydrogens (primary N) is 2. The molecule has 0 saturated heterocycles. The van der Waals surface area contributed by atoms with Gasteiger partial charge in [0.15, 0.2) is 0 Å².